The minimum absolute atomic E-state index is 0.0193. The van der Waals surface area contributed by atoms with E-state index in [1.165, 1.54) is 12.1 Å². The fourth-order valence-electron chi connectivity index (χ4n) is 2.70. The van der Waals surface area contributed by atoms with Gasteiger partial charge in [-0.3, -0.25) is 4.79 Å². The highest BCUT2D eigenvalue weighted by molar-refractivity contribution is 5.84. The van der Waals surface area contributed by atoms with Crippen molar-refractivity contribution < 1.29 is 14.0 Å². The van der Waals surface area contributed by atoms with E-state index >= 15 is 0 Å². The zero-order valence-corrected chi connectivity index (χ0v) is 13.7. The molecule has 1 fully saturated rings. The lowest BCUT2D eigenvalue weighted by molar-refractivity contribution is -0.120. The number of benzene rings is 2. The van der Waals surface area contributed by atoms with Gasteiger partial charge in [0.25, 0.3) is 0 Å². The molecule has 1 aliphatic rings. The first kappa shape index (κ1) is 17.0. The van der Waals surface area contributed by atoms with Crippen LogP contribution in [0.25, 0.3) is 0 Å². The number of carbonyl (C=O) groups excluding carboxylic acids is 2. The zero-order valence-electron chi connectivity index (χ0n) is 13.7. The molecule has 3 rings (SSSR count). The Morgan fingerprint density at radius 2 is 1.84 bits per heavy atom. The van der Waals surface area contributed by atoms with E-state index in [-0.39, 0.29) is 30.2 Å². The number of carbonyl (C=O) groups is 2. The van der Waals surface area contributed by atoms with Crippen LogP contribution in [0.1, 0.15) is 23.5 Å². The van der Waals surface area contributed by atoms with Crippen molar-refractivity contribution in [2.24, 2.45) is 0 Å². The summed E-state index contributed by atoms with van der Waals surface area (Å²) in [6.07, 6.45) is 0.775. The van der Waals surface area contributed by atoms with Gasteiger partial charge in [0.15, 0.2) is 0 Å². The quantitative estimate of drug-likeness (QED) is 0.754. The van der Waals surface area contributed by atoms with E-state index in [2.05, 4.69) is 16.0 Å². The second kappa shape index (κ2) is 7.79. The summed E-state index contributed by atoms with van der Waals surface area (Å²) in [6, 6.07) is 15.5. The molecule has 2 aromatic rings. The van der Waals surface area contributed by atoms with Crippen LogP contribution >= 0.6 is 0 Å². The molecule has 2 aromatic carbocycles. The van der Waals surface area contributed by atoms with Crippen LogP contribution in [0, 0.1) is 5.82 Å². The lowest BCUT2D eigenvalue weighted by atomic mass is 10.1. The first-order chi connectivity index (χ1) is 12.1. The van der Waals surface area contributed by atoms with Crippen LogP contribution < -0.4 is 16.0 Å². The second-order valence-corrected chi connectivity index (χ2v) is 6.09. The van der Waals surface area contributed by atoms with Crippen LogP contribution in [-0.2, 0) is 11.3 Å². The molecule has 5 nitrogen and oxygen atoms in total. The van der Waals surface area contributed by atoms with Crippen molar-refractivity contribution in [1.29, 1.82) is 0 Å². The third kappa shape index (κ3) is 5.04. The van der Waals surface area contributed by atoms with E-state index < -0.39 is 6.03 Å². The van der Waals surface area contributed by atoms with E-state index in [1.54, 1.807) is 6.07 Å². The van der Waals surface area contributed by atoms with Crippen molar-refractivity contribution in [3.05, 3.63) is 71.5 Å². The van der Waals surface area contributed by atoms with Gasteiger partial charge in [-0.1, -0.05) is 42.5 Å². The Hall–Kier alpha value is -2.89. The van der Waals surface area contributed by atoms with Crippen molar-refractivity contribution in [1.82, 2.24) is 16.0 Å². The summed E-state index contributed by atoms with van der Waals surface area (Å²) >= 11 is 0. The largest absolute Gasteiger partial charge is 0.350 e. The molecule has 130 valence electrons. The van der Waals surface area contributed by atoms with E-state index in [1.807, 2.05) is 36.4 Å². The number of halogens is 1. The van der Waals surface area contributed by atoms with Gasteiger partial charge in [-0.05, 0) is 29.7 Å². The predicted molar refractivity (Wildman–Crippen MR) is 92.4 cm³/mol. The summed E-state index contributed by atoms with van der Waals surface area (Å²) in [7, 11) is 0. The molecule has 0 spiro atoms. The molecule has 2 atom stereocenters. The van der Waals surface area contributed by atoms with Crippen LogP contribution in [0.4, 0.5) is 9.18 Å². The molecule has 3 amide bonds. The topological polar surface area (TPSA) is 70.2 Å². The lowest BCUT2D eigenvalue weighted by Crippen LogP contribution is -2.42. The van der Waals surface area contributed by atoms with Crippen molar-refractivity contribution in [2.45, 2.75) is 24.9 Å². The highest BCUT2D eigenvalue weighted by Crippen LogP contribution is 2.40. The Kier molecular flexibility index (Phi) is 5.28. The third-order valence-electron chi connectivity index (χ3n) is 4.13. The summed E-state index contributed by atoms with van der Waals surface area (Å²) in [6.45, 7) is 0.337. The molecule has 0 heterocycles. The SMILES string of the molecule is O=C(CNC(=O)NC1CC1c1cccc(F)c1)NCc1ccccc1. The summed E-state index contributed by atoms with van der Waals surface area (Å²) in [5.41, 5.74) is 1.88. The number of amides is 3. The van der Waals surface area contributed by atoms with Gasteiger partial charge in [0.1, 0.15) is 5.82 Å². The molecular weight excluding hydrogens is 321 g/mol. The van der Waals surface area contributed by atoms with E-state index in [0.29, 0.717) is 6.54 Å². The van der Waals surface area contributed by atoms with Crippen molar-refractivity contribution >= 4 is 11.9 Å². The maximum absolute atomic E-state index is 13.2. The van der Waals surface area contributed by atoms with Gasteiger partial charge in [0.05, 0.1) is 6.54 Å². The van der Waals surface area contributed by atoms with E-state index in [4.69, 9.17) is 0 Å². The van der Waals surface area contributed by atoms with Crippen LogP contribution in [0.2, 0.25) is 0 Å². The number of urea groups is 1. The average molecular weight is 341 g/mol. The monoisotopic (exact) mass is 341 g/mol. The second-order valence-electron chi connectivity index (χ2n) is 6.09. The Labute approximate surface area is 145 Å². The van der Waals surface area contributed by atoms with Crippen LogP contribution in [0.5, 0.6) is 0 Å². The fourth-order valence-corrected chi connectivity index (χ4v) is 2.70. The van der Waals surface area contributed by atoms with Gasteiger partial charge >= 0.3 is 6.03 Å². The highest BCUT2D eigenvalue weighted by Gasteiger charge is 2.39. The minimum atomic E-state index is -0.390. The molecule has 6 heteroatoms. The van der Waals surface area contributed by atoms with Crippen LogP contribution in [0.3, 0.4) is 0 Å². The Morgan fingerprint density at radius 3 is 2.60 bits per heavy atom. The summed E-state index contributed by atoms with van der Waals surface area (Å²) < 4.78 is 13.2. The summed E-state index contributed by atoms with van der Waals surface area (Å²) in [5, 5.41) is 8.08. The predicted octanol–water partition coefficient (Wildman–Crippen LogP) is 2.30. The molecule has 0 aromatic heterocycles. The molecule has 0 bridgehead atoms. The molecule has 2 unspecified atom stereocenters. The van der Waals surface area contributed by atoms with Gasteiger partial charge in [0, 0.05) is 18.5 Å². The molecule has 3 N–H and O–H groups in total. The first-order valence-corrected chi connectivity index (χ1v) is 8.22. The molecule has 0 radical (unpaired) electrons. The summed E-state index contributed by atoms with van der Waals surface area (Å²) in [5.74, 6) is -0.396. The highest BCUT2D eigenvalue weighted by atomic mass is 19.1. The maximum atomic E-state index is 13.2. The number of hydrogen-bond donors (Lipinski definition) is 3. The van der Waals surface area contributed by atoms with E-state index in [9.17, 15) is 14.0 Å². The third-order valence-corrected chi connectivity index (χ3v) is 4.13. The molecular formula is C19H20FN3O2. The van der Waals surface area contributed by atoms with Crippen molar-refractivity contribution in [2.75, 3.05) is 6.54 Å². The Balaban J connectivity index is 1.35. The standard InChI is InChI=1S/C19H20FN3O2/c20-15-8-4-7-14(9-15)16-10-17(16)23-19(25)22-12-18(24)21-11-13-5-2-1-3-6-13/h1-9,16-17H,10-12H2,(H,21,24)(H2,22,23,25). The zero-order chi connectivity index (χ0) is 17.6. The molecule has 1 saturated carbocycles. The molecule has 25 heavy (non-hydrogen) atoms. The van der Waals surface area contributed by atoms with Gasteiger partial charge in [-0.25, -0.2) is 9.18 Å². The average Bonchev–Trinajstić information content (AvgIpc) is 3.38. The normalized spacial score (nSPS) is 18.3. The van der Waals surface area contributed by atoms with Crippen molar-refractivity contribution in [3.8, 4) is 0 Å². The smallest absolute Gasteiger partial charge is 0.315 e. The molecule has 0 aliphatic heterocycles. The lowest BCUT2D eigenvalue weighted by Gasteiger charge is -2.08. The maximum Gasteiger partial charge on any atom is 0.315 e. The molecule has 0 saturated heterocycles. The van der Waals surface area contributed by atoms with Crippen LogP contribution in [0.15, 0.2) is 54.6 Å². The summed E-state index contributed by atoms with van der Waals surface area (Å²) in [4.78, 5) is 23.6. The van der Waals surface area contributed by atoms with Gasteiger partial charge < -0.3 is 16.0 Å². The number of nitrogens with one attached hydrogen (secondary N) is 3. The fraction of sp³-hybridized carbons (Fsp3) is 0.263. The minimum Gasteiger partial charge on any atom is -0.350 e. The first-order valence-electron chi connectivity index (χ1n) is 8.22. The van der Waals surface area contributed by atoms with Gasteiger partial charge in [0.2, 0.25) is 5.91 Å². The Bertz CT molecular complexity index is 751. The van der Waals surface area contributed by atoms with Gasteiger partial charge in [-0.2, -0.15) is 0 Å². The number of rotatable bonds is 6. The van der Waals surface area contributed by atoms with Gasteiger partial charge in [-0.15, -0.1) is 0 Å². The van der Waals surface area contributed by atoms with E-state index in [0.717, 1.165) is 17.5 Å². The van der Waals surface area contributed by atoms with Crippen molar-refractivity contribution in [3.63, 3.8) is 0 Å². The molecule has 1 aliphatic carbocycles. The van der Waals surface area contributed by atoms with Crippen LogP contribution in [-0.4, -0.2) is 24.5 Å². The Morgan fingerprint density at radius 1 is 1.04 bits per heavy atom. The number of hydrogen-bond acceptors (Lipinski definition) is 2.